The van der Waals surface area contributed by atoms with E-state index in [2.05, 4.69) is 20.8 Å². The van der Waals surface area contributed by atoms with Gasteiger partial charge in [0.15, 0.2) is 5.82 Å². The molecule has 1 aromatic carbocycles. The van der Waals surface area contributed by atoms with Crippen molar-refractivity contribution >= 4 is 5.97 Å². The molecule has 1 saturated carbocycles. The third-order valence-corrected chi connectivity index (χ3v) is 4.66. The number of carbonyl (C=O) groups is 1. The Labute approximate surface area is 146 Å². The van der Waals surface area contributed by atoms with Crippen molar-refractivity contribution in [1.29, 1.82) is 0 Å². The van der Waals surface area contributed by atoms with E-state index in [9.17, 15) is 4.79 Å². The standard InChI is InChI=1S/C17H24N6O2/c1-25-15(24)11-23-17(20-21-22-23)16(12-7-3-2-4-8-12)19-14-10-6-5-9-13(14)18/h2-4,7-8,13-14,16,19H,5-6,9-11,18H2,1H3. The monoisotopic (exact) mass is 344 g/mol. The molecule has 1 aliphatic carbocycles. The van der Waals surface area contributed by atoms with Crippen LogP contribution in [-0.2, 0) is 16.1 Å². The van der Waals surface area contributed by atoms with Gasteiger partial charge in [-0.05, 0) is 28.8 Å². The first-order valence-corrected chi connectivity index (χ1v) is 8.58. The van der Waals surface area contributed by atoms with E-state index in [1.165, 1.54) is 11.8 Å². The van der Waals surface area contributed by atoms with E-state index in [4.69, 9.17) is 10.5 Å². The summed E-state index contributed by atoms with van der Waals surface area (Å²) in [5.41, 5.74) is 7.33. The molecule has 0 aliphatic heterocycles. The van der Waals surface area contributed by atoms with Gasteiger partial charge in [0.05, 0.1) is 13.2 Å². The zero-order valence-corrected chi connectivity index (χ0v) is 14.3. The van der Waals surface area contributed by atoms with E-state index >= 15 is 0 Å². The molecule has 0 radical (unpaired) electrons. The minimum Gasteiger partial charge on any atom is -0.468 e. The molecule has 1 fully saturated rings. The van der Waals surface area contributed by atoms with Crippen molar-refractivity contribution in [2.45, 2.75) is 50.4 Å². The topological polar surface area (TPSA) is 108 Å². The number of nitrogens with zero attached hydrogens (tertiary/aromatic N) is 4. The van der Waals surface area contributed by atoms with Crippen molar-refractivity contribution in [1.82, 2.24) is 25.5 Å². The fraction of sp³-hybridized carbons (Fsp3) is 0.529. The van der Waals surface area contributed by atoms with Crippen LogP contribution in [0.2, 0.25) is 0 Å². The van der Waals surface area contributed by atoms with Crippen molar-refractivity contribution in [3.8, 4) is 0 Å². The molecule has 1 aromatic heterocycles. The summed E-state index contributed by atoms with van der Waals surface area (Å²) in [6.07, 6.45) is 4.34. The number of nitrogens with two attached hydrogens (primary N) is 1. The van der Waals surface area contributed by atoms with Crippen molar-refractivity contribution in [2.24, 2.45) is 5.73 Å². The quantitative estimate of drug-likeness (QED) is 0.746. The van der Waals surface area contributed by atoms with Gasteiger partial charge in [0.1, 0.15) is 6.54 Å². The van der Waals surface area contributed by atoms with Gasteiger partial charge in [0.25, 0.3) is 0 Å². The summed E-state index contributed by atoms with van der Waals surface area (Å²) in [4.78, 5) is 11.7. The summed E-state index contributed by atoms with van der Waals surface area (Å²) >= 11 is 0. The SMILES string of the molecule is COC(=O)Cn1nnnc1C(NC1CCCCC1N)c1ccccc1. The maximum Gasteiger partial charge on any atom is 0.327 e. The molecule has 1 aliphatic rings. The third kappa shape index (κ3) is 4.21. The molecular formula is C17H24N6O2. The second-order valence-corrected chi connectivity index (χ2v) is 6.34. The van der Waals surface area contributed by atoms with Crippen LogP contribution in [0.15, 0.2) is 30.3 Å². The van der Waals surface area contributed by atoms with Gasteiger partial charge < -0.3 is 10.5 Å². The Morgan fingerprint density at radius 2 is 2.12 bits per heavy atom. The molecule has 3 N–H and O–H groups in total. The lowest BCUT2D eigenvalue weighted by atomic mass is 9.90. The Hall–Kier alpha value is -2.32. The first kappa shape index (κ1) is 17.5. The zero-order chi connectivity index (χ0) is 17.6. The van der Waals surface area contributed by atoms with E-state index in [1.54, 1.807) is 0 Å². The van der Waals surface area contributed by atoms with Gasteiger partial charge in [-0.1, -0.05) is 43.2 Å². The predicted molar refractivity (Wildman–Crippen MR) is 91.5 cm³/mol. The molecule has 1 heterocycles. The van der Waals surface area contributed by atoms with Crippen LogP contribution in [0.3, 0.4) is 0 Å². The first-order valence-electron chi connectivity index (χ1n) is 8.58. The number of hydrogen-bond acceptors (Lipinski definition) is 7. The molecule has 25 heavy (non-hydrogen) atoms. The Morgan fingerprint density at radius 3 is 2.84 bits per heavy atom. The molecule has 3 unspecified atom stereocenters. The van der Waals surface area contributed by atoms with Gasteiger partial charge >= 0.3 is 5.97 Å². The minimum absolute atomic E-state index is 0.0272. The van der Waals surface area contributed by atoms with Gasteiger partial charge in [-0.3, -0.25) is 10.1 Å². The van der Waals surface area contributed by atoms with Crippen molar-refractivity contribution in [3.05, 3.63) is 41.7 Å². The van der Waals surface area contributed by atoms with Crippen LogP contribution in [0.5, 0.6) is 0 Å². The Balaban J connectivity index is 1.89. The summed E-state index contributed by atoms with van der Waals surface area (Å²) in [6.45, 7) is -0.0272. The highest BCUT2D eigenvalue weighted by Crippen LogP contribution is 2.25. The van der Waals surface area contributed by atoms with Gasteiger partial charge in [-0.25, -0.2) is 4.68 Å². The predicted octanol–water partition coefficient (Wildman–Crippen LogP) is 0.795. The number of ether oxygens (including phenoxy) is 1. The van der Waals surface area contributed by atoms with Gasteiger partial charge in [0, 0.05) is 12.1 Å². The lowest BCUT2D eigenvalue weighted by Gasteiger charge is -2.32. The second-order valence-electron chi connectivity index (χ2n) is 6.34. The van der Waals surface area contributed by atoms with Crippen molar-refractivity contribution in [2.75, 3.05) is 7.11 Å². The molecule has 0 amide bonds. The highest BCUT2D eigenvalue weighted by molar-refractivity contribution is 5.68. The number of nitrogens with one attached hydrogen (secondary N) is 1. The summed E-state index contributed by atoms with van der Waals surface area (Å²) in [5.74, 6) is 0.184. The summed E-state index contributed by atoms with van der Waals surface area (Å²) in [7, 11) is 1.35. The van der Waals surface area contributed by atoms with Crippen LogP contribution in [0.1, 0.15) is 43.1 Å². The van der Waals surface area contributed by atoms with Crippen LogP contribution in [0.4, 0.5) is 0 Å². The Morgan fingerprint density at radius 1 is 1.36 bits per heavy atom. The van der Waals surface area contributed by atoms with E-state index in [-0.39, 0.29) is 24.7 Å². The van der Waals surface area contributed by atoms with E-state index < -0.39 is 5.97 Å². The van der Waals surface area contributed by atoms with Crippen LogP contribution in [0, 0.1) is 0 Å². The average Bonchev–Trinajstić information content (AvgIpc) is 3.09. The minimum atomic E-state index is -0.394. The normalized spacial score (nSPS) is 21.7. The molecule has 2 aromatic rings. The zero-order valence-electron chi connectivity index (χ0n) is 14.3. The van der Waals surface area contributed by atoms with Gasteiger partial charge in [-0.2, -0.15) is 0 Å². The molecule has 0 bridgehead atoms. The highest BCUT2D eigenvalue weighted by atomic mass is 16.5. The smallest absolute Gasteiger partial charge is 0.327 e. The number of carbonyl (C=O) groups excluding carboxylic acids is 1. The second kappa shape index (κ2) is 8.17. The molecule has 3 atom stereocenters. The number of benzene rings is 1. The van der Waals surface area contributed by atoms with Crippen LogP contribution in [-0.4, -0.2) is 45.4 Å². The Kier molecular flexibility index (Phi) is 5.72. The Bertz CT molecular complexity index is 689. The molecule has 0 saturated heterocycles. The van der Waals surface area contributed by atoms with Crippen LogP contribution < -0.4 is 11.1 Å². The number of rotatable bonds is 6. The molecule has 8 nitrogen and oxygen atoms in total. The van der Waals surface area contributed by atoms with Gasteiger partial charge in [-0.15, -0.1) is 5.10 Å². The lowest BCUT2D eigenvalue weighted by Crippen LogP contribution is -2.49. The van der Waals surface area contributed by atoms with Crippen LogP contribution in [0.25, 0.3) is 0 Å². The highest BCUT2D eigenvalue weighted by Gasteiger charge is 2.29. The van der Waals surface area contributed by atoms with Crippen LogP contribution >= 0.6 is 0 Å². The van der Waals surface area contributed by atoms with E-state index in [0.717, 1.165) is 31.2 Å². The van der Waals surface area contributed by atoms with Crippen molar-refractivity contribution in [3.63, 3.8) is 0 Å². The maximum atomic E-state index is 11.7. The molecular weight excluding hydrogens is 320 g/mol. The lowest BCUT2D eigenvalue weighted by molar-refractivity contribution is -0.141. The fourth-order valence-corrected chi connectivity index (χ4v) is 3.26. The number of aromatic nitrogens is 4. The maximum absolute atomic E-state index is 11.7. The number of hydrogen-bond donors (Lipinski definition) is 2. The number of methoxy groups -OCH3 is 1. The summed E-state index contributed by atoms with van der Waals surface area (Å²) in [6, 6.07) is 9.98. The van der Waals surface area contributed by atoms with E-state index in [0.29, 0.717) is 5.82 Å². The third-order valence-electron chi connectivity index (χ3n) is 4.66. The number of esters is 1. The van der Waals surface area contributed by atoms with Gasteiger partial charge in [0.2, 0.25) is 0 Å². The van der Waals surface area contributed by atoms with Crippen molar-refractivity contribution < 1.29 is 9.53 Å². The molecule has 8 heteroatoms. The molecule has 134 valence electrons. The molecule has 0 spiro atoms. The number of tetrazole rings is 1. The summed E-state index contributed by atoms with van der Waals surface area (Å²) < 4.78 is 6.21. The first-order chi connectivity index (χ1) is 12.2. The molecule has 3 rings (SSSR count). The summed E-state index contributed by atoms with van der Waals surface area (Å²) in [5, 5.41) is 15.5. The largest absolute Gasteiger partial charge is 0.468 e. The average molecular weight is 344 g/mol. The van der Waals surface area contributed by atoms with E-state index in [1.807, 2.05) is 30.3 Å². The fourth-order valence-electron chi connectivity index (χ4n) is 3.26.